The molecule has 0 aliphatic heterocycles. The summed E-state index contributed by atoms with van der Waals surface area (Å²) >= 11 is 5.86. The molecule has 0 bridgehead atoms. The Hall–Kier alpha value is -2.34. The van der Waals surface area contributed by atoms with Crippen molar-refractivity contribution in [1.29, 1.82) is 0 Å². The normalized spacial score (nSPS) is 16.2. The van der Waals surface area contributed by atoms with Crippen molar-refractivity contribution < 1.29 is 18.8 Å². The average Bonchev–Trinajstić information content (AvgIpc) is 3.37. The van der Waals surface area contributed by atoms with Crippen LogP contribution >= 0.6 is 11.6 Å². The van der Waals surface area contributed by atoms with E-state index in [0.29, 0.717) is 34.4 Å². The van der Waals surface area contributed by atoms with Crippen molar-refractivity contribution in [2.24, 2.45) is 11.3 Å². The van der Waals surface area contributed by atoms with E-state index < -0.39 is 0 Å². The second-order valence-electron chi connectivity index (χ2n) is 12.0. The van der Waals surface area contributed by atoms with Gasteiger partial charge in [0.05, 0.1) is 23.5 Å². The predicted molar refractivity (Wildman–Crippen MR) is 178 cm³/mol. The van der Waals surface area contributed by atoms with Crippen molar-refractivity contribution in [3.05, 3.63) is 45.8 Å². The number of carbonyl (C=O) groups excluding carboxylic acids is 2. The number of rotatable bonds is 10. The third kappa shape index (κ3) is 14.2. The number of halogens is 1. The molecule has 3 rings (SSSR count). The smallest absolute Gasteiger partial charge is 0.305 e. The maximum Gasteiger partial charge on any atom is 0.305 e. The molecule has 1 unspecified atom stereocenters. The molecule has 1 heterocycles. The van der Waals surface area contributed by atoms with Gasteiger partial charge in [-0.1, -0.05) is 98.0 Å². The first kappa shape index (κ1) is 39.7. The first-order valence-electron chi connectivity index (χ1n) is 15.9. The van der Waals surface area contributed by atoms with Crippen LogP contribution < -0.4 is 5.32 Å². The summed E-state index contributed by atoms with van der Waals surface area (Å²) in [6.07, 6.45) is 8.07. The summed E-state index contributed by atoms with van der Waals surface area (Å²) in [5, 5.41) is 7.57. The van der Waals surface area contributed by atoms with E-state index in [1.54, 1.807) is 6.07 Å². The number of amides is 1. The van der Waals surface area contributed by atoms with Gasteiger partial charge in [-0.15, -0.1) is 0 Å². The molecular weight excluding hydrogens is 548 g/mol. The van der Waals surface area contributed by atoms with E-state index in [4.69, 9.17) is 16.1 Å². The fourth-order valence-electron chi connectivity index (χ4n) is 4.33. The van der Waals surface area contributed by atoms with E-state index in [1.165, 1.54) is 51.0 Å². The number of nitrogens with zero attached hydrogens (tertiary/aromatic N) is 1. The maximum atomic E-state index is 11.2. The van der Waals surface area contributed by atoms with Crippen molar-refractivity contribution in [3.63, 3.8) is 0 Å². The Morgan fingerprint density at radius 3 is 2.19 bits per heavy atom. The number of aryl methyl sites for hydroxylation is 2. The summed E-state index contributed by atoms with van der Waals surface area (Å²) in [7, 11) is 1.43. The van der Waals surface area contributed by atoms with Gasteiger partial charge in [-0.05, 0) is 67.6 Å². The Kier molecular flexibility index (Phi) is 19.4. The molecule has 1 aromatic heterocycles. The highest BCUT2D eigenvalue weighted by atomic mass is 35.5. The van der Waals surface area contributed by atoms with E-state index in [-0.39, 0.29) is 11.9 Å². The second-order valence-corrected chi connectivity index (χ2v) is 12.4. The van der Waals surface area contributed by atoms with Crippen LogP contribution in [-0.4, -0.2) is 24.1 Å². The Bertz CT molecular complexity index is 1050. The summed E-state index contributed by atoms with van der Waals surface area (Å²) < 4.78 is 10.3. The molecule has 1 atom stereocenters. The standard InChI is InChI=1S/C17H27NO3.C9H10ClNO.C7H16.C2H6/c1-5-12(3)16-14(7-6-8-15(19)20-4)21-18-17(16)13-9-11(2)10-13;1-6-3-4-9(8(10)5-6)11-7(2)12;1-5-7(3,4)6-2;1-2/h11-13H,5-10H2,1-4H3;3-5H,1-2H3,(H,11,12);5-6H2,1-4H3;1-2H3. The molecule has 0 saturated heterocycles. The molecule has 1 saturated carbocycles. The zero-order chi connectivity index (χ0) is 32.5. The predicted octanol–water partition coefficient (Wildman–Crippen LogP) is 10.7. The number of nitrogens with one attached hydrogen (secondary N) is 1. The molecular formula is C35H59ClN2O4. The summed E-state index contributed by atoms with van der Waals surface area (Å²) in [5.74, 6) is 2.55. The van der Waals surface area contributed by atoms with Gasteiger partial charge in [0.15, 0.2) is 0 Å². The van der Waals surface area contributed by atoms with Gasteiger partial charge in [-0.25, -0.2) is 0 Å². The Balaban J connectivity index is 0.000000674. The fraction of sp³-hybridized carbons (Fsp3) is 0.686. The number of esters is 1. The van der Waals surface area contributed by atoms with Gasteiger partial charge in [0.25, 0.3) is 0 Å². The highest BCUT2D eigenvalue weighted by molar-refractivity contribution is 6.33. The van der Waals surface area contributed by atoms with Gasteiger partial charge < -0.3 is 14.6 Å². The molecule has 1 fully saturated rings. The number of hydrogen-bond donors (Lipinski definition) is 1. The van der Waals surface area contributed by atoms with Crippen molar-refractivity contribution in [3.8, 4) is 0 Å². The van der Waals surface area contributed by atoms with Crippen molar-refractivity contribution in [2.45, 2.75) is 139 Å². The number of ether oxygens (including phenoxy) is 1. The SMILES string of the molecule is CC.CC(=O)Nc1ccc(C)cc1Cl.CCC(C)(C)CC.CCC(C)c1c(C2CC(C)C2)noc1CCCC(=O)OC. The minimum Gasteiger partial charge on any atom is -0.469 e. The molecule has 1 aliphatic rings. The van der Waals surface area contributed by atoms with Crippen LogP contribution in [0.2, 0.25) is 5.02 Å². The summed E-state index contributed by atoms with van der Waals surface area (Å²) in [6, 6.07) is 5.50. The molecule has 7 heteroatoms. The van der Waals surface area contributed by atoms with E-state index in [9.17, 15) is 9.59 Å². The third-order valence-corrected chi connectivity index (χ3v) is 8.37. The Morgan fingerprint density at radius 2 is 1.76 bits per heavy atom. The number of anilines is 1. The molecule has 1 N–H and O–H groups in total. The second kappa shape index (κ2) is 20.5. The van der Waals surface area contributed by atoms with Crippen LogP contribution in [0.5, 0.6) is 0 Å². The van der Waals surface area contributed by atoms with Crippen molar-refractivity contribution in [1.82, 2.24) is 5.16 Å². The van der Waals surface area contributed by atoms with Gasteiger partial charge in [0, 0.05) is 31.2 Å². The number of aromatic nitrogens is 1. The molecule has 42 heavy (non-hydrogen) atoms. The van der Waals surface area contributed by atoms with E-state index in [0.717, 1.165) is 36.5 Å². The van der Waals surface area contributed by atoms with Crippen LogP contribution in [-0.2, 0) is 20.7 Å². The Labute approximate surface area is 261 Å². The fourth-order valence-corrected chi connectivity index (χ4v) is 4.62. The lowest BCUT2D eigenvalue weighted by atomic mass is 9.72. The molecule has 2 aromatic rings. The average molecular weight is 607 g/mol. The highest BCUT2D eigenvalue weighted by Crippen LogP contribution is 2.44. The van der Waals surface area contributed by atoms with Gasteiger partial charge in [0.1, 0.15) is 5.76 Å². The number of carbonyl (C=O) groups is 2. The third-order valence-electron chi connectivity index (χ3n) is 8.06. The van der Waals surface area contributed by atoms with Crippen LogP contribution in [0.3, 0.4) is 0 Å². The molecule has 6 nitrogen and oxygen atoms in total. The lowest BCUT2D eigenvalue weighted by Crippen LogP contribution is -2.20. The minimum atomic E-state index is -0.160. The molecule has 1 aromatic carbocycles. The molecule has 1 amide bonds. The number of benzene rings is 1. The van der Waals surface area contributed by atoms with E-state index in [1.807, 2.05) is 32.9 Å². The molecule has 0 spiro atoms. The summed E-state index contributed by atoms with van der Waals surface area (Å²) in [6.45, 7) is 23.2. The lowest BCUT2D eigenvalue weighted by molar-refractivity contribution is -0.140. The van der Waals surface area contributed by atoms with Crippen LogP contribution in [0, 0.1) is 18.3 Å². The van der Waals surface area contributed by atoms with E-state index >= 15 is 0 Å². The topological polar surface area (TPSA) is 81.4 Å². The van der Waals surface area contributed by atoms with Crippen LogP contribution in [0.1, 0.15) is 149 Å². The minimum absolute atomic E-state index is 0.110. The zero-order valence-corrected chi connectivity index (χ0v) is 29.3. The number of methoxy groups -OCH3 is 1. The summed E-state index contributed by atoms with van der Waals surface area (Å²) in [4.78, 5) is 21.9. The van der Waals surface area contributed by atoms with Crippen LogP contribution in [0.4, 0.5) is 5.69 Å². The monoisotopic (exact) mass is 606 g/mol. The first-order valence-corrected chi connectivity index (χ1v) is 16.2. The van der Waals surface area contributed by atoms with Gasteiger partial charge in [0.2, 0.25) is 5.91 Å². The lowest BCUT2D eigenvalue weighted by Gasteiger charge is -2.32. The van der Waals surface area contributed by atoms with Crippen molar-refractivity contribution in [2.75, 3.05) is 12.4 Å². The Morgan fingerprint density at radius 1 is 1.17 bits per heavy atom. The van der Waals surface area contributed by atoms with E-state index in [2.05, 4.69) is 63.7 Å². The largest absolute Gasteiger partial charge is 0.469 e. The van der Waals surface area contributed by atoms with Crippen LogP contribution in [0.25, 0.3) is 0 Å². The molecule has 0 radical (unpaired) electrons. The molecule has 240 valence electrons. The zero-order valence-electron chi connectivity index (χ0n) is 28.6. The first-order chi connectivity index (χ1) is 19.8. The van der Waals surface area contributed by atoms with Crippen LogP contribution in [0.15, 0.2) is 22.7 Å². The van der Waals surface area contributed by atoms with Gasteiger partial charge in [-0.3, -0.25) is 9.59 Å². The quantitative estimate of drug-likeness (QED) is 0.272. The summed E-state index contributed by atoms with van der Waals surface area (Å²) in [5.41, 5.74) is 4.80. The molecule has 1 aliphatic carbocycles. The van der Waals surface area contributed by atoms with Gasteiger partial charge >= 0.3 is 5.97 Å². The van der Waals surface area contributed by atoms with Crippen molar-refractivity contribution >= 4 is 29.2 Å². The highest BCUT2D eigenvalue weighted by Gasteiger charge is 2.33. The van der Waals surface area contributed by atoms with Gasteiger partial charge in [-0.2, -0.15) is 0 Å². The maximum absolute atomic E-state index is 11.2. The number of hydrogen-bond acceptors (Lipinski definition) is 5.